The lowest BCUT2D eigenvalue weighted by Crippen LogP contribution is -2.68. The highest BCUT2D eigenvalue weighted by atomic mass is 16.5. The third-order valence-electron chi connectivity index (χ3n) is 8.32. The number of methoxy groups -OCH3 is 1. The number of esters is 1. The molecule has 186 valence electrons. The molecule has 5 rings (SSSR count). The van der Waals surface area contributed by atoms with Crippen molar-refractivity contribution in [2.24, 2.45) is 5.92 Å². The van der Waals surface area contributed by atoms with E-state index in [4.69, 9.17) is 9.47 Å². The molecule has 6 nitrogen and oxygen atoms in total. The molecule has 2 aromatic rings. The molecule has 3 fully saturated rings. The summed E-state index contributed by atoms with van der Waals surface area (Å²) in [6.07, 6.45) is 6.13. The standard InChI is InChI=1S/C29H36N2O4/c1-21(32)35-26-10-6-9-24(17-26)28-15-16-31(19-22-11-12-22)20-29(28,34-2)14-13-25(18-28)30-27(33)23-7-4-3-5-8-23/h3-10,17,22,25H,11-16,18-20H2,1-2H3,(H,30,33)/t25-,28?,29?/m0/s1. The minimum absolute atomic E-state index is 0.0319. The fourth-order valence-corrected chi connectivity index (χ4v) is 6.42. The molecule has 1 saturated heterocycles. The van der Waals surface area contributed by atoms with E-state index in [9.17, 15) is 9.59 Å². The molecule has 35 heavy (non-hydrogen) atoms. The zero-order valence-electron chi connectivity index (χ0n) is 20.8. The van der Waals surface area contributed by atoms with Crippen molar-refractivity contribution in [3.63, 3.8) is 0 Å². The van der Waals surface area contributed by atoms with Crippen LogP contribution in [0.5, 0.6) is 5.75 Å². The number of rotatable bonds is 7. The number of amides is 1. The molecule has 1 aliphatic heterocycles. The first-order valence-corrected chi connectivity index (χ1v) is 12.9. The van der Waals surface area contributed by atoms with Gasteiger partial charge in [-0.25, -0.2) is 0 Å². The first-order chi connectivity index (χ1) is 16.9. The monoisotopic (exact) mass is 476 g/mol. The SMILES string of the molecule is COC12CC[C@H](NC(=O)c3ccccc3)CC1(c1cccc(OC(C)=O)c1)CCN(CC1CC1)C2. The van der Waals surface area contributed by atoms with E-state index < -0.39 is 0 Å². The molecule has 0 radical (unpaired) electrons. The van der Waals surface area contributed by atoms with Gasteiger partial charge in [-0.3, -0.25) is 9.59 Å². The average Bonchev–Trinajstić information content (AvgIpc) is 3.68. The van der Waals surface area contributed by atoms with Gasteiger partial charge in [-0.1, -0.05) is 30.3 Å². The Morgan fingerprint density at radius 3 is 2.57 bits per heavy atom. The number of nitrogens with one attached hydrogen (secondary N) is 1. The van der Waals surface area contributed by atoms with Gasteiger partial charge in [-0.15, -0.1) is 0 Å². The van der Waals surface area contributed by atoms with Gasteiger partial charge < -0.3 is 19.7 Å². The molecule has 0 aromatic heterocycles. The number of piperidine rings is 1. The van der Waals surface area contributed by atoms with Crippen LogP contribution in [0, 0.1) is 5.92 Å². The van der Waals surface area contributed by atoms with Gasteiger partial charge in [0.1, 0.15) is 5.75 Å². The Balaban J connectivity index is 1.47. The molecule has 1 heterocycles. The van der Waals surface area contributed by atoms with Gasteiger partial charge >= 0.3 is 5.97 Å². The molecule has 6 heteroatoms. The number of fused-ring (bicyclic) bond motifs is 1. The van der Waals surface area contributed by atoms with Crippen molar-refractivity contribution in [3.05, 3.63) is 65.7 Å². The van der Waals surface area contributed by atoms with Crippen LogP contribution in [-0.2, 0) is 14.9 Å². The van der Waals surface area contributed by atoms with E-state index in [0.29, 0.717) is 11.3 Å². The Morgan fingerprint density at radius 2 is 1.86 bits per heavy atom. The second-order valence-electron chi connectivity index (χ2n) is 10.6. The number of hydrogen-bond acceptors (Lipinski definition) is 5. The second kappa shape index (κ2) is 9.75. The molecular formula is C29H36N2O4. The number of benzene rings is 2. The van der Waals surface area contributed by atoms with Gasteiger partial charge in [0.05, 0.1) is 5.60 Å². The summed E-state index contributed by atoms with van der Waals surface area (Å²) in [6.45, 7) is 4.45. The van der Waals surface area contributed by atoms with Crippen LogP contribution in [-0.4, -0.2) is 55.2 Å². The van der Waals surface area contributed by atoms with Crippen LogP contribution in [0.1, 0.15) is 61.4 Å². The number of ether oxygens (including phenoxy) is 2. The maximum atomic E-state index is 13.0. The van der Waals surface area contributed by atoms with Crippen LogP contribution in [0.25, 0.3) is 0 Å². The van der Waals surface area contributed by atoms with Crippen molar-refractivity contribution >= 4 is 11.9 Å². The molecule has 0 spiro atoms. The number of hydrogen-bond donors (Lipinski definition) is 1. The van der Waals surface area contributed by atoms with E-state index in [1.54, 1.807) is 0 Å². The number of carbonyl (C=O) groups is 2. The lowest BCUT2D eigenvalue weighted by molar-refractivity contribution is -0.148. The summed E-state index contributed by atoms with van der Waals surface area (Å²) in [7, 11) is 1.84. The Bertz CT molecular complexity index is 1070. The Morgan fingerprint density at radius 1 is 1.06 bits per heavy atom. The smallest absolute Gasteiger partial charge is 0.308 e. The van der Waals surface area contributed by atoms with Crippen molar-refractivity contribution in [1.82, 2.24) is 10.2 Å². The summed E-state index contributed by atoms with van der Waals surface area (Å²) in [5.41, 5.74) is 1.16. The fourth-order valence-electron chi connectivity index (χ4n) is 6.42. The van der Waals surface area contributed by atoms with E-state index in [2.05, 4.69) is 16.3 Å². The molecule has 3 atom stereocenters. The molecule has 0 bridgehead atoms. The summed E-state index contributed by atoms with van der Waals surface area (Å²) in [5, 5.41) is 3.31. The van der Waals surface area contributed by atoms with E-state index in [1.807, 2.05) is 55.6 Å². The molecule has 1 amide bonds. The Hall–Kier alpha value is -2.70. The number of likely N-dealkylation sites (tertiary alicyclic amines) is 1. The van der Waals surface area contributed by atoms with Crippen molar-refractivity contribution in [2.45, 2.75) is 62.5 Å². The van der Waals surface area contributed by atoms with Gasteiger partial charge in [-0.2, -0.15) is 0 Å². The number of carbonyl (C=O) groups excluding carboxylic acids is 2. The molecule has 2 aromatic carbocycles. The van der Waals surface area contributed by atoms with Crippen LogP contribution in [0.3, 0.4) is 0 Å². The predicted octanol–water partition coefficient (Wildman–Crippen LogP) is 4.33. The topological polar surface area (TPSA) is 67.9 Å². The summed E-state index contributed by atoms with van der Waals surface area (Å²) in [5.74, 6) is 1.03. The van der Waals surface area contributed by atoms with Crippen molar-refractivity contribution in [1.29, 1.82) is 0 Å². The Labute approximate surface area is 208 Å². The fraction of sp³-hybridized carbons (Fsp3) is 0.517. The third-order valence-corrected chi connectivity index (χ3v) is 8.32. The third kappa shape index (κ3) is 4.87. The minimum atomic E-state index is -0.358. The quantitative estimate of drug-likeness (QED) is 0.476. The maximum Gasteiger partial charge on any atom is 0.308 e. The largest absolute Gasteiger partial charge is 0.427 e. The van der Waals surface area contributed by atoms with Gasteiger partial charge in [0.2, 0.25) is 0 Å². The van der Waals surface area contributed by atoms with Crippen LogP contribution < -0.4 is 10.1 Å². The van der Waals surface area contributed by atoms with Gasteiger partial charge in [0, 0.05) is 44.1 Å². The van der Waals surface area contributed by atoms with Crippen LogP contribution in [0.4, 0.5) is 0 Å². The number of nitrogens with zero attached hydrogens (tertiary/aromatic N) is 1. The molecule has 3 aliphatic rings. The average molecular weight is 477 g/mol. The highest BCUT2D eigenvalue weighted by Gasteiger charge is 2.59. The van der Waals surface area contributed by atoms with E-state index in [1.165, 1.54) is 19.8 Å². The molecule has 1 N–H and O–H groups in total. The minimum Gasteiger partial charge on any atom is -0.427 e. The van der Waals surface area contributed by atoms with Gasteiger partial charge in [0.15, 0.2) is 0 Å². The Kier molecular flexibility index (Phi) is 6.69. The zero-order valence-corrected chi connectivity index (χ0v) is 20.8. The first-order valence-electron chi connectivity index (χ1n) is 12.9. The first kappa shape index (κ1) is 24.0. The van der Waals surface area contributed by atoms with E-state index >= 15 is 0 Å². The van der Waals surface area contributed by atoms with Crippen LogP contribution >= 0.6 is 0 Å². The summed E-state index contributed by atoms with van der Waals surface area (Å²) >= 11 is 0. The summed E-state index contributed by atoms with van der Waals surface area (Å²) in [6, 6.07) is 17.4. The highest BCUT2D eigenvalue weighted by Crippen LogP contribution is 2.54. The lowest BCUT2D eigenvalue weighted by Gasteiger charge is -2.60. The van der Waals surface area contributed by atoms with E-state index in [-0.39, 0.29) is 28.9 Å². The second-order valence-corrected chi connectivity index (χ2v) is 10.6. The lowest BCUT2D eigenvalue weighted by atomic mass is 9.55. The van der Waals surface area contributed by atoms with Crippen molar-refractivity contribution < 1.29 is 19.1 Å². The van der Waals surface area contributed by atoms with Crippen molar-refractivity contribution in [3.8, 4) is 5.75 Å². The maximum absolute atomic E-state index is 13.0. The molecular weight excluding hydrogens is 440 g/mol. The molecule has 2 saturated carbocycles. The molecule has 2 unspecified atom stereocenters. The van der Waals surface area contributed by atoms with Crippen molar-refractivity contribution in [2.75, 3.05) is 26.7 Å². The van der Waals surface area contributed by atoms with Crippen LogP contribution in [0.15, 0.2) is 54.6 Å². The highest BCUT2D eigenvalue weighted by molar-refractivity contribution is 5.94. The summed E-state index contributed by atoms with van der Waals surface area (Å²) in [4.78, 5) is 27.3. The van der Waals surface area contributed by atoms with E-state index in [0.717, 1.165) is 56.8 Å². The zero-order chi connectivity index (χ0) is 24.5. The van der Waals surface area contributed by atoms with Gasteiger partial charge in [-0.05, 0) is 80.8 Å². The van der Waals surface area contributed by atoms with Gasteiger partial charge in [0.25, 0.3) is 5.91 Å². The predicted molar refractivity (Wildman–Crippen MR) is 134 cm³/mol. The molecule has 2 aliphatic carbocycles. The van der Waals surface area contributed by atoms with Crippen LogP contribution in [0.2, 0.25) is 0 Å². The normalized spacial score (nSPS) is 28.7. The summed E-state index contributed by atoms with van der Waals surface area (Å²) < 4.78 is 11.9.